The van der Waals surface area contributed by atoms with E-state index in [1.54, 1.807) is 0 Å². The number of aromatic nitrogens is 2. The summed E-state index contributed by atoms with van der Waals surface area (Å²) in [7, 11) is 0. The smallest absolute Gasteiger partial charge is 0.287 e. The highest BCUT2D eigenvalue weighted by molar-refractivity contribution is 7.18. The molecule has 0 radical (unpaired) electrons. The Hall–Kier alpha value is -3.34. The second kappa shape index (κ2) is 6.87. The predicted molar refractivity (Wildman–Crippen MR) is 104 cm³/mol. The summed E-state index contributed by atoms with van der Waals surface area (Å²) >= 11 is 1.39. The van der Waals surface area contributed by atoms with Gasteiger partial charge in [0.05, 0.1) is 11.1 Å². The van der Waals surface area contributed by atoms with Gasteiger partial charge in [-0.15, -0.1) is 11.3 Å². The number of carbonyl (C=O) groups excluding carboxylic acids is 2. The van der Waals surface area contributed by atoms with Crippen LogP contribution in [0.3, 0.4) is 0 Å². The molecule has 2 amide bonds. The summed E-state index contributed by atoms with van der Waals surface area (Å²) in [6, 6.07) is 1.19. The molecule has 0 saturated carbocycles. The SMILES string of the molecule is O=C1COc2c(cc(CNC(=O)c3nc4sc5c(c4c(=O)[nH]3)CCC5)c(F)c2F)N1. The second-order valence-corrected chi connectivity index (χ2v) is 8.10. The third-order valence-corrected chi connectivity index (χ3v) is 6.27. The molecule has 2 aliphatic rings. The largest absolute Gasteiger partial charge is 0.478 e. The molecule has 3 heterocycles. The molecule has 2 aromatic heterocycles. The molecule has 1 aromatic carbocycles. The first-order chi connectivity index (χ1) is 14.4. The zero-order chi connectivity index (χ0) is 21.0. The van der Waals surface area contributed by atoms with Gasteiger partial charge in [0, 0.05) is 17.0 Å². The molecule has 154 valence electrons. The summed E-state index contributed by atoms with van der Waals surface area (Å²) in [5, 5.41) is 5.32. The molecule has 1 aliphatic heterocycles. The lowest BCUT2D eigenvalue weighted by Crippen LogP contribution is -2.29. The van der Waals surface area contributed by atoms with Crippen LogP contribution in [0.15, 0.2) is 10.9 Å². The summed E-state index contributed by atoms with van der Waals surface area (Å²) in [5.74, 6) is -4.27. The van der Waals surface area contributed by atoms with Crippen LogP contribution in [0.5, 0.6) is 5.75 Å². The van der Waals surface area contributed by atoms with E-state index >= 15 is 0 Å². The van der Waals surface area contributed by atoms with E-state index in [0.717, 1.165) is 29.7 Å². The van der Waals surface area contributed by atoms with Gasteiger partial charge in [0.25, 0.3) is 17.4 Å². The quantitative estimate of drug-likeness (QED) is 0.586. The molecule has 0 saturated heterocycles. The lowest BCUT2D eigenvalue weighted by Gasteiger charge is -2.20. The van der Waals surface area contributed by atoms with Gasteiger partial charge >= 0.3 is 0 Å². The number of amides is 2. The lowest BCUT2D eigenvalue weighted by molar-refractivity contribution is -0.118. The van der Waals surface area contributed by atoms with Crippen molar-refractivity contribution in [1.29, 1.82) is 0 Å². The highest BCUT2D eigenvalue weighted by Gasteiger charge is 2.26. The lowest BCUT2D eigenvalue weighted by atomic mass is 10.1. The van der Waals surface area contributed by atoms with Crippen molar-refractivity contribution in [3.8, 4) is 5.75 Å². The molecule has 11 heteroatoms. The number of nitrogens with one attached hydrogen (secondary N) is 3. The number of benzene rings is 1. The molecule has 0 unspecified atom stereocenters. The summed E-state index contributed by atoms with van der Waals surface area (Å²) < 4.78 is 33.4. The van der Waals surface area contributed by atoms with Crippen LogP contribution in [-0.4, -0.2) is 28.4 Å². The standard InChI is InChI=1S/C19H14F2N4O4S/c20-13-7(4-9-15(14(13)21)29-6-11(26)23-9)5-22-18(28)16-24-17(27)12-8-2-1-3-10(8)30-19(12)25-16/h4H,1-3,5-6H2,(H,22,28)(H,23,26)(H,24,25,27). The summed E-state index contributed by atoms with van der Waals surface area (Å²) in [6.45, 7) is -0.791. The monoisotopic (exact) mass is 432 g/mol. The van der Waals surface area contributed by atoms with Gasteiger partial charge in [0.1, 0.15) is 4.83 Å². The number of nitrogens with zero attached hydrogens (tertiary/aromatic N) is 1. The van der Waals surface area contributed by atoms with E-state index in [-0.39, 0.29) is 29.4 Å². The Morgan fingerprint density at radius 2 is 2.10 bits per heavy atom. The first-order valence-corrected chi connectivity index (χ1v) is 10.0. The molecule has 0 bridgehead atoms. The minimum Gasteiger partial charge on any atom is -0.478 e. The van der Waals surface area contributed by atoms with Gasteiger partial charge < -0.3 is 20.4 Å². The number of H-pyrrole nitrogens is 1. The maximum Gasteiger partial charge on any atom is 0.287 e. The summed E-state index contributed by atoms with van der Waals surface area (Å²) in [6.07, 6.45) is 2.70. The van der Waals surface area contributed by atoms with Crippen molar-refractivity contribution in [2.75, 3.05) is 11.9 Å². The number of halogens is 2. The first kappa shape index (κ1) is 18.7. The van der Waals surface area contributed by atoms with E-state index in [4.69, 9.17) is 4.74 Å². The van der Waals surface area contributed by atoms with Crippen molar-refractivity contribution >= 4 is 39.1 Å². The average molecular weight is 432 g/mol. The minimum absolute atomic E-state index is 0.0181. The van der Waals surface area contributed by atoms with Crippen molar-refractivity contribution in [1.82, 2.24) is 15.3 Å². The maximum atomic E-state index is 14.3. The number of fused-ring (bicyclic) bond motifs is 4. The van der Waals surface area contributed by atoms with E-state index in [1.807, 2.05) is 0 Å². The van der Waals surface area contributed by atoms with E-state index in [0.29, 0.717) is 10.2 Å². The Kier molecular flexibility index (Phi) is 4.28. The molecule has 0 atom stereocenters. The van der Waals surface area contributed by atoms with Crippen molar-refractivity contribution in [3.63, 3.8) is 0 Å². The van der Waals surface area contributed by atoms with Gasteiger partial charge in [-0.05, 0) is 30.9 Å². The van der Waals surface area contributed by atoms with Crippen LogP contribution in [0.2, 0.25) is 0 Å². The number of thiophene rings is 1. The fourth-order valence-corrected chi connectivity index (χ4v) is 4.98. The van der Waals surface area contributed by atoms with Gasteiger partial charge in [-0.1, -0.05) is 0 Å². The molecule has 0 fully saturated rings. The number of aromatic amines is 1. The van der Waals surface area contributed by atoms with Gasteiger partial charge in [-0.2, -0.15) is 4.39 Å². The van der Waals surface area contributed by atoms with Crippen LogP contribution in [0.25, 0.3) is 10.2 Å². The normalized spacial score (nSPS) is 14.8. The fourth-order valence-electron chi connectivity index (χ4n) is 3.72. The number of aryl methyl sites for hydroxylation is 2. The van der Waals surface area contributed by atoms with Crippen LogP contribution < -0.4 is 20.9 Å². The van der Waals surface area contributed by atoms with Gasteiger partial charge in [0.15, 0.2) is 18.2 Å². The van der Waals surface area contributed by atoms with Gasteiger partial charge in [0.2, 0.25) is 11.6 Å². The predicted octanol–water partition coefficient (Wildman–Crippen LogP) is 2.01. The zero-order valence-electron chi connectivity index (χ0n) is 15.4. The molecule has 3 N–H and O–H groups in total. The molecule has 1 aliphatic carbocycles. The molecule has 8 nitrogen and oxygen atoms in total. The van der Waals surface area contributed by atoms with Crippen molar-refractivity contribution in [2.24, 2.45) is 0 Å². The van der Waals surface area contributed by atoms with Crippen LogP contribution in [0.1, 0.15) is 33.0 Å². The second-order valence-electron chi connectivity index (χ2n) is 7.01. The van der Waals surface area contributed by atoms with Gasteiger partial charge in [-0.25, -0.2) is 9.37 Å². The highest BCUT2D eigenvalue weighted by Crippen LogP contribution is 2.35. The van der Waals surface area contributed by atoms with Gasteiger partial charge in [-0.3, -0.25) is 14.4 Å². The third-order valence-electron chi connectivity index (χ3n) is 5.09. The average Bonchev–Trinajstić information content (AvgIpc) is 3.30. The topological polar surface area (TPSA) is 113 Å². The van der Waals surface area contributed by atoms with Crippen molar-refractivity contribution < 1.29 is 23.1 Å². The van der Waals surface area contributed by atoms with E-state index < -0.39 is 35.6 Å². The van der Waals surface area contributed by atoms with Crippen LogP contribution >= 0.6 is 11.3 Å². The Morgan fingerprint density at radius 3 is 2.93 bits per heavy atom. The van der Waals surface area contributed by atoms with Crippen molar-refractivity contribution in [2.45, 2.75) is 25.8 Å². The molecular formula is C19H14F2N4O4S. The molecule has 5 rings (SSSR count). The van der Waals surface area contributed by atoms with Crippen molar-refractivity contribution in [3.05, 3.63) is 49.9 Å². The summed E-state index contributed by atoms with van der Waals surface area (Å²) in [5.41, 5.74) is 0.390. The Bertz CT molecular complexity index is 1300. The van der Waals surface area contributed by atoms with Crippen LogP contribution in [0, 0.1) is 11.6 Å². The molecule has 3 aromatic rings. The molecule has 30 heavy (non-hydrogen) atoms. The third kappa shape index (κ3) is 2.93. The van der Waals surface area contributed by atoms with E-state index in [9.17, 15) is 23.2 Å². The summed E-state index contributed by atoms with van der Waals surface area (Å²) in [4.78, 5) is 44.6. The fraction of sp³-hybridized carbons (Fsp3) is 0.263. The zero-order valence-corrected chi connectivity index (χ0v) is 16.2. The Balaban J connectivity index is 1.40. The Morgan fingerprint density at radius 1 is 1.27 bits per heavy atom. The first-order valence-electron chi connectivity index (χ1n) is 9.18. The van der Waals surface area contributed by atoms with Crippen LogP contribution in [0.4, 0.5) is 14.5 Å². The number of hydrogen-bond acceptors (Lipinski definition) is 6. The number of rotatable bonds is 3. The maximum absolute atomic E-state index is 14.3. The minimum atomic E-state index is -1.25. The number of carbonyl (C=O) groups is 2. The Labute approximate surface area is 171 Å². The number of ether oxygens (including phenoxy) is 1. The van der Waals surface area contributed by atoms with E-state index in [1.165, 1.54) is 17.4 Å². The van der Waals surface area contributed by atoms with Crippen LogP contribution in [-0.2, 0) is 24.2 Å². The number of hydrogen-bond donors (Lipinski definition) is 3. The molecule has 0 spiro atoms. The van der Waals surface area contributed by atoms with E-state index in [2.05, 4.69) is 20.6 Å². The highest BCUT2D eigenvalue weighted by atomic mass is 32.1. The molecular weight excluding hydrogens is 418 g/mol. The number of anilines is 1.